The summed E-state index contributed by atoms with van der Waals surface area (Å²) in [5.41, 5.74) is 3.55. The predicted octanol–water partition coefficient (Wildman–Crippen LogP) is 2.97. The molecular formula is C19H29N3O2. The summed E-state index contributed by atoms with van der Waals surface area (Å²) in [7, 11) is 1.77. The zero-order chi connectivity index (χ0) is 16.8. The highest BCUT2D eigenvalue weighted by molar-refractivity contribution is 5.79. The van der Waals surface area contributed by atoms with E-state index in [9.17, 15) is 0 Å². The van der Waals surface area contributed by atoms with Crippen molar-refractivity contribution in [2.45, 2.75) is 32.1 Å². The van der Waals surface area contributed by atoms with Gasteiger partial charge in [0.05, 0.1) is 24.2 Å². The lowest BCUT2D eigenvalue weighted by atomic mass is 9.96. The maximum absolute atomic E-state index is 5.50. The van der Waals surface area contributed by atoms with Crippen LogP contribution in [0.5, 0.6) is 0 Å². The molecule has 5 heteroatoms. The Labute approximate surface area is 144 Å². The molecule has 0 radical (unpaired) electrons. The number of benzene rings is 1. The van der Waals surface area contributed by atoms with Gasteiger partial charge in [0.1, 0.15) is 5.82 Å². The van der Waals surface area contributed by atoms with Crippen LogP contribution >= 0.6 is 0 Å². The van der Waals surface area contributed by atoms with Crippen LogP contribution in [-0.2, 0) is 15.9 Å². The van der Waals surface area contributed by atoms with Crippen LogP contribution in [0.1, 0.15) is 37.1 Å². The van der Waals surface area contributed by atoms with Gasteiger partial charge in [-0.3, -0.25) is 0 Å². The Bertz CT molecular complexity index is 633. The van der Waals surface area contributed by atoms with Crippen LogP contribution in [0, 0.1) is 0 Å². The van der Waals surface area contributed by atoms with Gasteiger partial charge in [0, 0.05) is 26.2 Å². The third kappa shape index (κ3) is 4.15. The van der Waals surface area contributed by atoms with Crippen LogP contribution in [0.25, 0.3) is 11.0 Å². The molecule has 2 heterocycles. The van der Waals surface area contributed by atoms with Crippen molar-refractivity contribution in [2.24, 2.45) is 0 Å². The number of aromatic amines is 1. The topological polar surface area (TPSA) is 50.4 Å². The Morgan fingerprint density at radius 1 is 1.25 bits per heavy atom. The molecule has 0 spiro atoms. The highest BCUT2D eigenvalue weighted by Crippen LogP contribution is 2.28. The lowest BCUT2D eigenvalue weighted by Crippen LogP contribution is -2.35. The van der Waals surface area contributed by atoms with E-state index < -0.39 is 0 Å². The van der Waals surface area contributed by atoms with Gasteiger partial charge in [0.15, 0.2) is 0 Å². The van der Waals surface area contributed by atoms with Gasteiger partial charge in [-0.1, -0.05) is 12.1 Å². The summed E-state index contributed by atoms with van der Waals surface area (Å²) < 4.78 is 10.7. The molecule has 0 saturated carbocycles. The van der Waals surface area contributed by atoms with E-state index in [4.69, 9.17) is 14.5 Å². The number of piperidine rings is 1. The molecule has 1 aliphatic rings. The number of imidazole rings is 1. The van der Waals surface area contributed by atoms with Crippen molar-refractivity contribution in [1.29, 1.82) is 0 Å². The number of hydrogen-bond donors (Lipinski definition) is 1. The number of rotatable bonds is 8. The number of likely N-dealkylation sites (tertiary alicyclic amines) is 1. The van der Waals surface area contributed by atoms with Crippen LogP contribution in [0.2, 0.25) is 0 Å². The second kappa shape index (κ2) is 8.60. The molecule has 3 rings (SSSR count). The van der Waals surface area contributed by atoms with Gasteiger partial charge in [-0.05, 0) is 50.9 Å². The molecule has 0 unspecified atom stereocenters. The van der Waals surface area contributed by atoms with Gasteiger partial charge in [-0.2, -0.15) is 0 Å². The average molecular weight is 331 g/mol. The van der Waals surface area contributed by atoms with E-state index in [-0.39, 0.29) is 0 Å². The van der Waals surface area contributed by atoms with Crippen molar-refractivity contribution in [3.63, 3.8) is 0 Å². The summed E-state index contributed by atoms with van der Waals surface area (Å²) in [6.45, 7) is 7.67. The van der Waals surface area contributed by atoms with Crippen molar-refractivity contribution in [3.8, 4) is 0 Å². The van der Waals surface area contributed by atoms with Gasteiger partial charge in [0.2, 0.25) is 0 Å². The number of aromatic nitrogens is 2. The zero-order valence-electron chi connectivity index (χ0n) is 14.9. The normalized spacial score (nSPS) is 16.9. The third-order valence-electron chi connectivity index (χ3n) is 4.92. The second-order valence-corrected chi connectivity index (χ2v) is 6.49. The SMILES string of the molecule is CCOCCc1cccc2[nH]c(C3CCN(CCOC)CC3)nc12. The lowest BCUT2D eigenvalue weighted by Gasteiger charge is -2.30. The molecule has 24 heavy (non-hydrogen) atoms. The second-order valence-electron chi connectivity index (χ2n) is 6.49. The van der Waals surface area contributed by atoms with Crippen LogP contribution in [0.4, 0.5) is 0 Å². The largest absolute Gasteiger partial charge is 0.383 e. The van der Waals surface area contributed by atoms with E-state index in [1.54, 1.807) is 7.11 Å². The van der Waals surface area contributed by atoms with Gasteiger partial charge in [-0.15, -0.1) is 0 Å². The summed E-state index contributed by atoms with van der Waals surface area (Å²) >= 11 is 0. The van der Waals surface area contributed by atoms with Crippen molar-refractivity contribution in [3.05, 3.63) is 29.6 Å². The number of nitrogens with zero attached hydrogens (tertiary/aromatic N) is 2. The first-order chi connectivity index (χ1) is 11.8. The summed E-state index contributed by atoms with van der Waals surface area (Å²) in [4.78, 5) is 11.0. The fourth-order valence-corrected chi connectivity index (χ4v) is 3.48. The molecule has 5 nitrogen and oxygen atoms in total. The summed E-state index contributed by atoms with van der Waals surface area (Å²) in [5, 5.41) is 0. The van der Waals surface area contributed by atoms with Crippen LogP contribution in [0.15, 0.2) is 18.2 Å². The van der Waals surface area contributed by atoms with E-state index in [2.05, 4.69) is 28.1 Å². The Kier molecular flexibility index (Phi) is 6.24. The first-order valence-corrected chi connectivity index (χ1v) is 9.08. The molecule has 2 aromatic rings. The molecule has 0 amide bonds. The molecule has 1 aromatic heterocycles. The molecular weight excluding hydrogens is 302 g/mol. The van der Waals surface area contributed by atoms with E-state index in [0.29, 0.717) is 5.92 Å². The number of nitrogens with one attached hydrogen (secondary N) is 1. The first kappa shape index (κ1) is 17.4. The molecule has 1 aliphatic heterocycles. The molecule has 1 saturated heterocycles. The molecule has 1 aromatic carbocycles. The number of H-pyrrole nitrogens is 1. The smallest absolute Gasteiger partial charge is 0.110 e. The minimum Gasteiger partial charge on any atom is -0.383 e. The fraction of sp³-hybridized carbons (Fsp3) is 0.632. The molecule has 1 N–H and O–H groups in total. The van der Waals surface area contributed by atoms with Crippen molar-refractivity contribution in [1.82, 2.24) is 14.9 Å². The highest BCUT2D eigenvalue weighted by Gasteiger charge is 2.23. The van der Waals surface area contributed by atoms with Crippen molar-refractivity contribution >= 4 is 11.0 Å². The average Bonchev–Trinajstić information content (AvgIpc) is 3.06. The van der Waals surface area contributed by atoms with Crippen molar-refractivity contribution in [2.75, 3.05) is 46.6 Å². The van der Waals surface area contributed by atoms with Gasteiger partial charge >= 0.3 is 0 Å². The third-order valence-corrected chi connectivity index (χ3v) is 4.92. The first-order valence-electron chi connectivity index (χ1n) is 9.08. The Morgan fingerprint density at radius 3 is 2.83 bits per heavy atom. The minimum absolute atomic E-state index is 0.538. The molecule has 0 atom stereocenters. The number of para-hydroxylation sites is 1. The number of ether oxygens (including phenoxy) is 2. The van der Waals surface area contributed by atoms with E-state index in [1.165, 1.54) is 5.56 Å². The maximum atomic E-state index is 5.50. The lowest BCUT2D eigenvalue weighted by molar-refractivity contribution is 0.129. The highest BCUT2D eigenvalue weighted by atomic mass is 16.5. The minimum atomic E-state index is 0.538. The quantitative estimate of drug-likeness (QED) is 0.756. The molecule has 1 fully saturated rings. The van der Waals surface area contributed by atoms with Crippen LogP contribution < -0.4 is 0 Å². The van der Waals surface area contributed by atoms with Crippen LogP contribution in [-0.4, -0.2) is 61.4 Å². The fourth-order valence-electron chi connectivity index (χ4n) is 3.48. The summed E-state index contributed by atoms with van der Waals surface area (Å²) in [6.07, 6.45) is 3.25. The van der Waals surface area contributed by atoms with Gasteiger partial charge < -0.3 is 19.4 Å². The Morgan fingerprint density at radius 2 is 2.08 bits per heavy atom. The maximum Gasteiger partial charge on any atom is 0.110 e. The summed E-state index contributed by atoms with van der Waals surface area (Å²) in [6, 6.07) is 6.40. The monoisotopic (exact) mass is 331 g/mol. The van der Waals surface area contributed by atoms with Crippen molar-refractivity contribution < 1.29 is 9.47 Å². The molecule has 0 bridgehead atoms. The number of hydrogen-bond acceptors (Lipinski definition) is 4. The standard InChI is InChI=1S/C19H29N3O2/c1-3-24-13-9-15-5-4-6-17-18(15)21-19(20-17)16-7-10-22(11-8-16)12-14-23-2/h4-6,16H,3,7-14H2,1-2H3,(H,20,21). The van der Waals surface area contributed by atoms with E-state index in [0.717, 1.165) is 75.6 Å². The van der Waals surface area contributed by atoms with Crippen LogP contribution in [0.3, 0.4) is 0 Å². The number of fused-ring (bicyclic) bond motifs is 1. The Balaban J connectivity index is 1.66. The molecule has 132 valence electrons. The molecule has 0 aliphatic carbocycles. The van der Waals surface area contributed by atoms with Gasteiger partial charge in [-0.25, -0.2) is 4.98 Å². The number of methoxy groups -OCH3 is 1. The predicted molar refractivity (Wildman–Crippen MR) is 96.6 cm³/mol. The van der Waals surface area contributed by atoms with E-state index in [1.807, 2.05) is 6.92 Å². The Hall–Kier alpha value is -1.43. The summed E-state index contributed by atoms with van der Waals surface area (Å²) in [5.74, 6) is 1.69. The van der Waals surface area contributed by atoms with E-state index >= 15 is 0 Å². The zero-order valence-corrected chi connectivity index (χ0v) is 14.9. The van der Waals surface area contributed by atoms with Gasteiger partial charge in [0.25, 0.3) is 0 Å².